The van der Waals surface area contributed by atoms with Gasteiger partial charge in [0.2, 0.25) is 5.05 Å². The summed E-state index contributed by atoms with van der Waals surface area (Å²) in [7, 11) is 0. The first-order valence-electron chi connectivity index (χ1n) is 9.75. The molecule has 7 heteroatoms. The van der Waals surface area contributed by atoms with Crippen LogP contribution in [0.4, 0.5) is 22.0 Å². The number of halogens is 5. The monoisotopic (exact) mass is 450 g/mol. The normalized spacial score (nSPS) is 10.9. The lowest BCUT2D eigenvalue weighted by atomic mass is 10.00. The van der Waals surface area contributed by atoms with Crippen LogP contribution in [0.5, 0.6) is 5.75 Å². The van der Waals surface area contributed by atoms with Crippen molar-refractivity contribution in [3.05, 3.63) is 88.7 Å². The van der Waals surface area contributed by atoms with Crippen LogP contribution in [0.1, 0.15) is 37.3 Å². The van der Waals surface area contributed by atoms with Crippen molar-refractivity contribution in [3.63, 3.8) is 0 Å². The van der Waals surface area contributed by atoms with E-state index in [0.717, 1.165) is 43.4 Å². The van der Waals surface area contributed by atoms with E-state index in [9.17, 15) is 22.0 Å². The second-order valence-corrected chi connectivity index (χ2v) is 7.43. The standard InChI is InChI=1S/C24H19F5OS/c1-2-3-4-5-14-6-8-15(9-7-14)16-10-18(25)22(19(26)11-16)24(31)30-17-12-20(27)23(29)21(28)13-17/h6-13H,2-5H2,1H3. The van der Waals surface area contributed by atoms with E-state index >= 15 is 0 Å². The Morgan fingerprint density at radius 3 is 1.90 bits per heavy atom. The van der Waals surface area contributed by atoms with Gasteiger partial charge in [-0.2, -0.15) is 0 Å². The van der Waals surface area contributed by atoms with Crippen LogP contribution in [0.2, 0.25) is 0 Å². The molecule has 0 aliphatic rings. The summed E-state index contributed by atoms with van der Waals surface area (Å²) < 4.78 is 74.0. The van der Waals surface area contributed by atoms with Gasteiger partial charge in [-0.05, 0) is 53.9 Å². The van der Waals surface area contributed by atoms with Crippen molar-refractivity contribution in [2.24, 2.45) is 0 Å². The number of benzene rings is 3. The minimum atomic E-state index is -1.68. The molecule has 0 spiro atoms. The third kappa shape index (κ3) is 5.47. The lowest BCUT2D eigenvalue weighted by Gasteiger charge is -2.12. The van der Waals surface area contributed by atoms with E-state index in [1.54, 1.807) is 12.1 Å². The molecular formula is C24H19F5OS. The van der Waals surface area contributed by atoms with Gasteiger partial charge in [0.1, 0.15) is 22.9 Å². The van der Waals surface area contributed by atoms with Gasteiger partial charge >= 0.3 is 0 Å². The molecule has 3 aromatic rings. The van der Waals surface area contributed by atoms with Crippen LogP contribution < -0.4 is 4.74 Å². The second kappa shape index (κ2) is 10.0. The van der Waals surface area contributed by atoms with E-state index < -0.39 is 45.4 Å². The predicted molar refractivity (Wildman–Crippen MR) is 114 cm³/mol. The molecule has 0 atom stereocenters. The second-order valence-electron chi connectivity index (χ2n) is 7.06. The molecule has 0 radical (unpaired) electrons. The fourth-order valence-electron chi connectivity index (χ4n) is 3.13. The summed E-state index contributed by atoms with van der Waals surface area (Å²) in [5.74, 6) is -7.19. The average Bonchev–Trinajstić information content (AvgIpc) is 2.72. The van der Waals surface area contributed by atoms with Crippen LogP contribution in [0.15, 0.2) is 48.5 Å². The average molecular weight is 450 g/mol. The number of rotatable bonds is 7. The molecule has 3 rings (SSSR count). The third-order valence-electron chi connectivity index (χ3n) is 4.77. The molecule has 0 fully saturated rings. The zero-order valence-corrected chi connectivity index (χ0v) is 17.5. The Hall–Kier alpha value is -2.80. The first-order valence-corrected chi connectivity index (χ1v) is 10.2. The highest BCUT2D eigenvalue weighted by Crippen LogP contribution is 2.27. The summed E-state index contributed by atoms with van der Waals surface area (Å²) in [4.78, 5) is 0. The fourth-order valence-corrected chi connectivity index (χ4v) is 3.42. The summed E-state index contributed by atoms with van der Waals surface area (Å²) >= 11 is 4.88. The largest absolute Gasteiger partial charge is 0.445 e. The minimum absolute atomic E-state index is 0.306. The van der Waals surface area contributed by atoms with E-state index in [4.69, 9.17) is 17.0 Å². The van der Waals surface area contributed by atoms with Crippen molar-refractivity contribution >= 4 is 17.3 Å². The van der Waals surface area contributed by atoms with E-state index in [1.807, 2.05) is 12.1 Å². The van der Waals surface area contributed by atoms with Crippen molar-refractivity contribution < 1.29 is 26.7 Å². The summed E-state index contributed by atoms with van der Waals surface area (Å²) in [6.45, 7) is 2.13. The molecule has 3 aromatic carbocycles. The summed E-state index contributed by atoms with van der Waals surface area (Å²) in [6, 6.07) is 10.7. The minimum Gasteiger partial charge on any atom is -0.445 e. The van der Waals surface area contributed by atoms with Gasteiger partial charge in [-0.3, -0.25) is 0 Å². The maximum Gasteiger partial charge on any atom is 0.203 e. The molecule has 0 bridgehead atoms. The summed E-state index contributed by atoms with van der Waals surface area (Å²) in [5.41, 5.74) is 1.42. The van der Waals surface area contributed by atoms with Crippen molar-refractivity contribution in [1.82, 2.24) is 0 Å². The first kappa shape index (κ1) is 22.9. The lowest BCUT2D eigenvalue weighted by Crippen LogP contribution is -2.13. The number of aryl methyl sites for hydroxylation is 1. The number of ether oxygens (including phenoxy) is 1. The molecule has 162 valence electrons. The molecule has 0 saturated carbocycles. The fraction of sp³-hybridized carbons (Fsp3) is 0.208. The Morgan fingerprint density at radius 2 is 1.35 bits per heavy atom. The van der Waals surface area contributed by atoms with Gasteiger partial charge in [0.05, 0.1) is 0 Å². The van der Waals surface area contributed by atoms with Crippen molar-refractivity contribution in [1.29, 1.82) is 0 Å². The van der Waals surface area contributed by atoms with E-state index in [1.165, 1.54) is 0 Å². The maximum atomic E-state index is 14.6. The highest BCUT2D eigenvalue weighted by Gasteiger charge is 2.20. The van der Waals surface area contributed by atoms with Gasteiger partial charge in [-0.25, -0.2) is 22.0 Å². The maximum absolute atomic E-state index is 14.6. The molecule has 0 saturated heterocycles. The van der Waals surface area contributed by atoms with Crippen LogP contribution in [0.3, 0.4) is 0 Å². The van der Waals surface area contributed by atoms with Crippen LogP contribution in [0.25, 0.3) is 11.1 Å². The number of hydrogen-bond donors (Lipinski definition) is 0. The number of hydrogen-bond acceptors (Lipinski definition) is 2. The van der Waals surface area contributed by atoms with Gasteiger partial charge in [-0.1, -0.05) is 44.0 Å². The van der Waals surface area contributed by atoms with Crippen LogP contribution >= 0.6 is 12.2 Å². The zero-order chi connectivity index (χ0) is 22.5. The van der Waals surface area contributed by atoms with E-state index in [2.05, 4.69) is 6.92 Å². The molecule has 0 aromatic heterocycles. The molecule has 0 N–H and O–H groups in total. The molecule has 31 heavy (non-hydrogen) atoms. The topological polar surface area (TPSA) is 9.23 Å². The van der Waals surface area contributed by atoms with Gasteiger partial charge in [0.15, 0.2) is 17.5 Å². The van der Waals surface area contributed by atoms with Gasteiger partial charge in [-0.15, -0.1) is 0 Å². The van der Waals surface area contributed by atoms with Crippen LogP contribution in [-0.4, -0.2) is 5.05 Å². The van der Waals surface area contributed by atoms with Crippen LogP contribution in [0, 0.1) is 29.1 Å². The molecule has 0 aliphatic carbocycles. The molecular weight excluding hydrogens is 431 g/mol. The highest BCUT2D eigenvalue weighted by molar-refractivity contribution is 7.80. The predicted octanol–water partition coefficient (Wildman–Crippen LogP) is 7.54. The van der Waals surface area contributed by atoms with Gasteiger partial charge < -0.3 is 4.74 Å². The quantitative estimate of drug-likeness (QED) is 0.159. The molecule has 0 amide bonds. The van der Waals surface area contributed by atoms with E-state index in [0.29, 0.717) is 23.3 Å². The molecule has 1 nitrogen and oxygen atoms in total. The van der Waals surface area contributed by atoms with Gasteiger partial charge in [0.25, 0.3) is 0 Å². The summed E-state index contributed by atoms with van der Waals surface area (Å²) in [5, 5.41) is -0.668. The highest BCUT2D eigenvalue weighted by atomic mass is 32.1. The molecule has 0 heterocycles. The number of thiocarbonyl (C=S) groups is 1. The Bertz CT molecular complexity index is 1050. The summed E-state index contributed by atoms with van der Waals surface area (Å²) in [6.07, 6.45) is 4.28. The van der Waals surface area contributed by atoms with Crippen molar-refractivity contribution in [2.45, 2.75) is 32.6 Å². The Balaban J connectivity index is 1.81. The SMILES string of the molecule is CCCCCc1ccc(-c2cc(F)c(C(=S)Oc3cc(F)c(F)c(F)c3)c(F)c2)cc1. The van der Waals surface area contributed by atoms with Crippen molar-refractivity contribution in [2.75, 3.05) is 0 Å². The lowest BCUT2D eigenvalue weighted by molar-refractivity contribution is 0.435. The Kier molecular flexibility index (Phi) is 7.38. The Labute approximate surface area is 182 Å². The van der Waals surface area contributed by atoms with E-state index in [-0.39, 0.29) is 0 Å². The van der Waals surface area contributed by atoms with Crippen molar-refractivity contribution in [3.8, 4) is 16.9 Å². The molecule has 0 unspecified atom stereocenters. The first-order chi connectivity index (χ1) is 14.8. The Morgan fingerprint density at radius 1 is 0.774 bits per heavy atom. The molecule has 0 aliphatic heterocycles. The van der Waals surface area contributed by atoms with Gasteiger partial charge in [0, 0.05) is 12.1 Å². The number of unbranched alkanes of at least 4 members (excludes halogenated alkanes) is 2. The third-order valence-corrected chi connectivity index (χ3v) is 5.06. The van der Waals surface area contributed by atoms with Crippen LogP contribution in [-0.2, 0) is 6.42 Å². The smallest absolute Gasteiger partial charge is 0.203 e. The zero-order valence-electron chi connectivity index (χ0n) is 16.7.